The lowest BCUT2D eigenvalue weighted by atomic mass is 9.86. The zero-order valence-electron chi connectivity index (χ0n) is 11.9. The summed E-state index contributed by atoms with van der Waals surface area (Å²) in [5, 5.41) is 0. The molecule has 2 unspecified atom stereocenters. The standard InChI is InChI=1S/C14H28N4/c1-11-6-5-9-13(10-11)18(2)14(17-15)16-12-7-3-4-8-12/h11-13H,3-10,15H2,1-2H3,(H,16,17). The highest BCUT2D eigenvalue weighted by Crippen LogP contribution is 2.27. The lowest BCUT2D eigenvalue weighted by Crippen LogP contribution is -2.49. The normalized spacial score (nSPS) is 30.5. The molecule has 3 N–H and O–H groups in total. The predicted molar refractivity (Wildman–Crippen MR) is 76.2 cm³/mol. The van der Waals surface area contributed by atoms with Gasteiger partial charge in [0.2, 0.25) is 5.96 Å². The average molecular weight is 252 g/mol. The third kappa shape index (κ3) is 3.37. The molecule has 0 bridgehead atoms. The van der Waals surface area contributed by atoms with Gasteiger partial charge in [-0.1, -0.05) is 32.6 Å². The fourth-order valence-corrected chi connectivity index (χ4v) is 3.36. The first-order valence-corrected chi connectivity index (χ1v) is 7.48. The Morgan fingerprint density at radius 2 is 1.89 bits per heavy atom. The van der Waals surface area contributed by atoms with Crippen molar-refractivity contribution in [1.29, 1.82) is 0 Å². The molecule has 0 radical (unpaired) electrons. The number of hydrazine groups is 1. The molecule has 18 heavy (non-hydrogen) atoms. The second-order valence-corrected chi connectivity index (χ2v) is 6.07. The molecule has 0 saturated heterocycles. The molecule has 0 amide bonds. The number of nitrogens with one attached hydrogen (secondary N) is 1. The first-order valence-electron chi connectivity index (χ1n) is 7.48. The quantitative estimate of drug-likeness (QED) is 0.343. The van der Waals surface area contributed by atoms with Gasteiger partial charge in [0.15, 0.2) is 0 Å². The Balaban J connectivity index is 1.97. The van der Waals surface area contributed by atoms with Crippen LogP contribution in [-0.2, 0) is 0 Å². The maximum atomic E-state index is 5.67. The van der Waals surface area contributed by atoms with E-state index in [4.69, 9.17) is 10.8 Å². The van der Waals surface area contributed by atoms with Crippen LogP contribution in [0.1, 0.15) is 58.3 Å². The van der Waals surface area contributed by atoms with Crippen molar-refractivity contribution >= 4 is 5.96 Å². The van der Waals surface area contributed by atoms with Crippen LogP contribution in [0.5, 0.6) is 0 Å². The minimum absolute atomic E-state index is 0.486. The summed E-state index contributed by atoms with van der Waals surface area (Å²) < 4.78 is 0. The average Bonchev–Trinajstić information content (AvgIpc) is 2.88. The molecule has 2 aliphatic rings. The highest BCUT2D eigenvalue weighted by atomic mass is 15.4. The van der Waals surface area contributed by atoms with E-state index in [2.05, 4.69) is 24.3 Å². The maximum Gasteiger partial charge on any atom is 0.208 e. The zero-order chi connectivity index (χ0) is 13.0. The number of nitrogens with zero attached hydrogens (tertiary/aromatic N) is 2. The van der Waals surface area contributed by atoms with Crippen LogP contribution in [0.4, 0.5) is 0 Å². The largest absolute Gasteiger partial charge is 0.342 e. The van der Waals surface area contributed by atoms with E-state index in [1.807, 2.05) is 0 Å². The second-order valence-electron chi connectivity index (χ2n) is 6.07. The molecule has 0 aliphatic heterocycles. The Labute approximate surface area is 111 Å². The Kier molecular flexibility index (Phi) is 4.87. The minimum atomic E-state index is 0.486. The molecule has 0 aromatic rings. The van der Waals surface area contributed by atoms with E-state index in [1.54, 1.807) is 0 Å². The molecule has 2 atom stereocenters. The van der Waals surface area contributed by atoms with E-state index >= 15 is 0 Å². The third-order valence-corrected chi connectivity index (χ3v) is 4.55. The summed E-state index contributed by atoms with van der Waals surface area (Å²) in [5.41, 5.74) is 2.82. The highest BCUT2D eigenvalue weighted by molar-refractivity contribution is 5.79. The molecule has 4 heteroatoms. The van der Waals surface area contributed by atoms with Gasteiger partial charge in [-0.25, -0.2) is 10.8 Å². The predicted octanol–water partition coefficient (Wildman–Crippen LogP) is 2.26. The van der Waals surface area contributed by atoms with Crippen LogP contribution in [0.2, 0.25) is 0 Å². The van der Waals surface area contributed by atoms with E-state index in [0.29, 0.717) is 12.1 Å². The second kappa shape index (κ2) is 6.41. The van der Waals surface area contributed by atoms with Gasteiger partial charge in [-0.2, -0.15) is 0 Å². The molecular weight excluding hydrogens is 224 g/mol. The lowest BCUT2D eigenvalue weighted by Gasteiger charge is -2.35. The Morgan fingerprint density at radius 3 is 2.50 bits per heavy atom. The summed E-state index contributed by atoms with van der Waals surface area (Å²) in [6.07, 6.45) is 10.3. The maximum absolute atomic E-state index is 5.67. The monoisotopic (exact) mass is 252 g/mol. The van der Waals surface area contributed by atoms with Gasteiger partial charge in [0.1, 0.15) is 0 Å². The molecule has 104 valence electrons. The van der Waals surface area contributed by atoms with Crippen LogP contribution < -0.4 is 11.3 Å². The first kappa shape index (κ1) is 13.7. The van der Waals surface area contributed by atoms with E-state index in [1.165, 1.54) is 51.4 Å². The minimum Gasteiger partial charge on any atom is -0.342 e. The van der Waals surface area contributed by atoms with Gasteiger partial charge in [-0.15, -0.1) is 0 Å². The molecule has 0 aromatic carbocycles. The van der Waals surface area contributed by atoms with Crippen molar-refractivity contribution < 1.29 is 0 Å². The number of rotatable bonds is 2. The molecule has 4 nitrogen and oxygen atoms in total. The molecule has 0 spiro atoms. The summed E-state index contributed by atoms with van der Waals surface area (Å²) in [7, 11) is 2.14. The Hall–Kier alpha value is -0.770. The molecule has 2 aliphatic carbocycles. The van der Waals surface area contributed by atoms with Gasteiger partial charge in [0, 0.05) is 13.1 Å². The lowest BCUT2D eigenvalue weighted by molar-refractivity contribution is 0.226. The smallest absolute Gasteiger partial charge is 0.208 e. The number of guanidine groups is 1. The van der Waals surface area contributed by atoms with Crippen LogP contribution in [0, 0.1) is 5.92 Å². The van der Waals surface area contributed by atoms with Crippen LogP contribution >= 0.6 is 0 Å². The van der Waals surface area contributed by atoms with Gasteiger partial charge < -0.3 is 4.90 Å². The van der Waals surface area contributed by atoms with Gasteiger partial charge in [-0.3, -0.25) is 5.43 Å². The van der Waals surface area contributed by atoms with Gasteiger partial charge >= 0.3 is 0 Å². The number of hydrogen-bond acceptors (Lipinski definition) is 2. The summed E-state index contributed by atoms with van der Waals surface area (Å²) >= 11 is 0. The molecular formula is C14H28N4. The summed E-state index contributed by atoms with van der Waals surface area (Å²) in [6.45, 7) is 2.35. The van der Waals surface area contributed by atoms with Crippen molar-refractivity contribution in [2.75, 3.05) is 7.05 Å². The molecule has 2 rings (SSSR count). The summed E-state index contributed by atoms with van der Waals surface area (Å²) in [5.74, 6) is 7.39. The number of hydrogen-bond donors (Lipinski definition) is 2. The molecule has 0 heterocycles. The zero-order valence-corrected chi connectivity index (χ0v) is 11.9. The van der Waals surface area contributed by atoms with Crippen LogP contribution in [0.3, 0.4) is 0 Å². The first-order chi connectivity index (χ1) is 8.70. The third-order valence-electron chi connectivity index (χ3n) is 4.55. The number of nitrogens with two attached hydrogens (primary N) is 1. The van der Waals surface area contributed by atoms with E-state index in [-0.39, 0.29) is 0 Å². The topological polar surface area (TPSA) is 53.6 Å². The van der Waals surface area contributed by atoms with Crippen molar-refractivity contribution in [3.8, 4) is 0 Å². The van der Waals surface area contributed by atoms with Crippen molar-refractivity contribution in [3.05, 3.63) is 0 Å². The van der Waals surface area contributed by atoms with E-state index < -0.39 is 0 Å². The summed E-state index contributed by atoms with van der Waals surface area (Å²) in [6, 6.07) is 1.09. The SMILES string of the molecule is CC1CCCC(N(C)C(=NC2CCCC2)NN)C1. The highest BCUT2D eigenvalue weighted by Gasteiger charge is 2.25. The fraction of sp³-hybridized carbons (Fsp3) is 0.929. The van der Waals surface area contributed by atoms with E-state index in [0.717, 1.165) is 11.9 Å². The van der Waals surface area contributed by atoms with Gasteiger partial charge in [-0.05, 0) is 31.6 Å². The molecule has 0 aromatic heterocycles. The van der Waals surface area contributed by atoms with Gasteiger partial charge in [0.05, 0.1) is 6.04 Å². The van der Waals surface area contributed by atoms with Gasteiger partial charge in [0.25, 0.3) is 0 Å². The van der Waals surface area contributed by atoms with Crippen LogP contribution in [-0.4, -0.2) is 30.0 Å². The molecule has 2 saturated carbocycles. The number of aliphatic imine (C=N–C) groups is 1. The van der Waals surface area contributed by atoms with Crippen molar-refractivity contribution in [1.82, 2.24) is 10.3 Å². The van der Waals surface area contributed by atoms with Crippen LogP contribution in [0.15, 0.2) is 4.99 Å². The summed E-state index contributed by atoms with van der Waals surface area (Å²) in [4.78, 5) is 7.07. The van der Waals surface area contributed by atoms with Crippen molar-refractivity contribution in [3.63, 3.8) is 0 Å². The van der Waals surface area contributed by atoms with E-state index in [9.17, 15) is 0 Å². The Morgan fingerprint density at radius 1 is 1.17 bits per heavy atom. The van der Waals surface area contributed by atoms with Crippen LogP contribution in [0.25, 0.3) is 0 Å². The van der Waals surface area contributed by atoms with Crippen molar-refractivity contribution in [2.24, 2.45) is 16.8 Å². The molecule has 2 fully saturated rings. The fourth-order valence-electron chi connectivity index (χ4n) is 3.36. The van der Waals surface area contributed by atoms with Crippen molar-refractivity contribution in [2.45, 2.75) is 70.4 Å². The Bertz CT molecular complexity index is 284.